The van der Waals surface area contributed by atoms with Crippen molar-refractivity contribution in [2.24, 2.45) is 7.05 Å². The molecule has 0 saturated carbocycles. The van der Waals surface area contributed by atoms with Gasteiger partial charge in [-0.25, -0.2) is 0 Å². The van der Waals surface area contributed by atoms with E-state index in [0.29, 0.717) is 5.69 Å². The highest BCUT2D eigenvalue weighted by Crippen LogP contribution is 2.29. The van der Waals surface area contributed by atoms with E-state index in [0.717, 1.165) is 21.9 Å². The second kappa shape index (κ2) is 7.25. The normalized spacial score (nSPS) is 11.8. The second-order valence-corrected chi connectivity index (χ2v) is 6.38. The fraction of sp³-hybridized carbons (Fsp3) is 0.400. The van der Waals surface area contributed by atoms with Crippen molar-refractivity contribution in [3.05, 3.63) is 35.7 Å². The van der Waals surface area contributed by atoms with E-state index in [4.69, 9.17) is 0 Å². The number of hydrogen-bond acceptors (Lipinski definition) is 4. The van der Waals surface area contributed by atoms with E-state index >= 15 is 0 Å². The van der Waals surface area contributed by atoms with Gasteiger partial charge < -0.3 is 9.88 Å². The summed E-state index contributed by atoms with van der Waals surface area (Å²) in [4.78, 5) is 12.1. The third-order valence-electron chi connectivity index (χ3n) is 3.28. The molecule has 0 atom stereocenters. The number of halogens is 3. The molecule has 1 N–H and O–H groups in total. The number of carbonyl (C=O) groups excluding carboxylic acids is 1. The second-order valence-electron chi connectivity index (χ2n) is 5.44. The molecule has 1 aromatic heterocycles. The van der Waals surface area contributed by atoms with Crippen molar-refractivity contribution in [1.82, 2.24) is 14.8 Å². The van der Waals surface area contributed by atoms with Crippen molar-refractivity contribution in [2.75, 3.05) is 11.1 Å². The van der Waals surface area contributed by atoms with E-state index in [-0.39, 0.29) is 22.7 Å². The Hall–Kier alpha value is -2.03. The molecule has 9 heteroatoms. The largest absolute Gasteiger partial charge is 0.451 e. The van der Waals surface area contributed by atoms with E-state index < -0.39 is 12.0 Å². The molecule has 24 heavy (non-hydrogen) atoms. The predicted octanol–water partition coefficient (Wildman–Crippen LogP) is 3.69. The molecule has 1 heterocycles. The van der Waals surface area contributed by atoms with Crippen LogP contribution in [-0.2, 0) is 18.0 Å². The molecule has 5 nitrogen and oxygen atoms in total. The quantitative estimate of drug-likeness (QED) is 0.828. The predicted molar refractivity (Wildman–Crippen MR) is 85.9 cm³/mol. The first-order valence-corrected chi connectivity index (χ1v) is 8.17. The standard InChI is InChI=1S/C15H17F3N4OS/c1-9(2)10-6-4-5-7-11(10)19-12(23)8-24-14-21-20-13(22(14)3)15(16,17)18/h4-7,9H,8H2,1-3H3,(H,19,23). The minimum absolute atomic E-state index is 0.0367. The molecule has 2 rings (SSSR count). The Morgan fingerprint density at radius 1 is 1.29 bits per heavy atom. The van der Waals surface area contributed by atoms with E-state index in [1.54, 1.807) is 6.07 Å². The van der Waals surface area contributed by atoms with Crippen LogP contribution in [0.5, 0.6) is 0 Å². The molecule has 0 aliphatic carbocycles. The first-order valence-electron chi connectivity index (χ1n) is 7.18. The highest BCUT2D eigenvalue weighted by Gasteiger charge is 2.37. The SMILES string of the molecule is CC(C)c1ccccc1NC(=O)CSc1nnc(C(F)(F)F)n1C. The number of carbonyl (C=O) groups is 1. The fourth-order valence-electron chi connectivity index (χ4n) is 2.12. The lowest BCUT2D eigenvalue weighted by atomic mass is 10.0. The fourth-order valence-corrected chi connectivity index (χ4v) is 2.83. The van der Waals surface area contributed by atoms with E-state index in [2.05, 4.69) is 15.5 Å². The maximum absolute atomic E-state index is 12.7. The summed E-state index contributed by atoms with van der Waals surface area (Å²) >= 11 is 0.903. The van der Waals surface area contributed by atoms with Crippen LogP contribution >= 0.6 is 11.8 Å². The van der Waals surface area contributed by atoms with Crippen molar-refractivity contribution in [2.45, 2.75) is 31.1 Å². The lowest BCUT2D eigenvalue weighted by Gasteiger charge is -2.13. The monoisotopic (exact) mass is 358 g/mol. The Kier molecular flexibility index (Phi) is 5.53. The first kappa shape index (κ1) is 18.3. The molecule has 0 unspecified atom stereocenters. The summed E-state index contributed by atoms with van der Waals surface area (Å²) in [6.45, 7) is 4.02. The van der Waals surface area contributed by atoms with Gasteiger partial charge in [0.15, 0.2) is 5.16 Å². The van der Waals surface area contributed by atoms with E-state index in [1.807, 2.05) is 32.0 Å². The number of aromatic nitrogens is 3. The Morgan fingerprint density at radius 2 is 1.96 bits per heavy atom. The van der Waals surface area contributed by atoms with Crippen molar-refractivity contribution in [3.8, 4) is 0 Å². The van der Waals surface area contributed by atoms with Crippen LogP contribution in [0.2, 0.25) is 0 Å². The number of amides is 1. The van der Waals surface area contributed by atoms with Crippen LogP contribution < -0.4 is 5.32 Å². The number of rotatable bonds is 5. The smallest absolute Gasteiger partial charge is 0.325 e. The van der Waals surface area contributed by atoms with Gasteiger partial charge in [0.05, 0.1) is 5.75 Å². The molecule has 0 fully saturated rings. The zero-order valence-corrected chi connectivity index (χ0v) is 14.2. The van der Waals surface area contributed by atoms with Crippen LogP contribution in [0.25, 0.3) is 0 Å². The average Bonchev–Trinajstić information content (AvgIpc) is 2.86. The molecule has 130 valence electrons. The average molecular weight is 358 g/mol. The van der Waals surface area contributed by atoms with Gasteiger partial charge in [-0.15, -0.1) is 10.2 Å². The summed E-state index contributed by atoms with van der Waals surface area (Å²) < 4.78 is 38.8. The van der Waals surface area contributed by atoms with Gasteiger partial charge in [0.2, 0.25) is 11.7 Å². The number of benzene rings is 1. The molecule has 2 aromatic rings. The molecule has 1 aromatic carbocycles. The topological polar surface area (TPSA) is 59.8 Å². The van der Waals surface area contributed by atoms with Crippen molar-refractivity contribution < 1.29 is 18.0 Å². The van der Waals surface area contributed by atoms with Gasteiger partial charge in [0.1, 0.15) is 0 Å². The van der Waals surface area contributed by atoms with Gasteiger partial charge in [0.25, 0.3) is 0 Å². The van der Waals surface area contributed by atoms with E-state index in [9.17, 15) is 18.0 Å². The molecule has 0 radical (unpaired) electrons. The number of alkyl halides is 3. The summed E-state index contributed by atoms with van der Waals surface area (Å²) in [6, 6.07) is 7.42. The van der Waals surface area contributed by atoms with Crippen molar-refractivity contribution >= 4 is 23.4 Å². The summed E-state index contributed by atoms with van der Waals surface area (Å²) in [5.41, 5.74) is 1.70. The molecule has 0 bridgehead atoms. The Labute approximate surface area is 141 Å². The third kappa shape index (κ3) is 4.28. The number of hydrogen-bond donors (Lipinski definition) is 1. The Balaban J connectivity index is 2.01. The van der Waals surface area contributed by atoms with Crippen LogP contribution in [0.3, 0.4) is 0 Å². The highest BCUT2D eigenvalue weighted by molar-refractivity contribution is 7.99. The maximum Gasteiger partial charge on any atom is 0.451 e. The van der Waals surface area contributed by atoms with Crippen LogP contribution in [0.1, 0.15) is 31.2 Å². The van der Waals surface area contributed by atoms with Gasteiger partial charge in [-0.3, -0.25) is 4.79 Å². The summed E-state index contributed by atoms with van der Waals surface area (Å²) in [7, 11) is 1.22. The number of para-hydroxylation sites is 1. The molecule has 0 spiro atoms. The van der Waals surface area contributed by atoms with Crippen LogP contribution in [0, 0.1) is 0 Å². The molecule has 1 amide bonds. The van der Waals surface area contributed by atoms with E-state index in [1.165, 1.54) is 7.05 Å². The van der Waals surface area contributed by atoms with Crippen molar-refractivity contribution in [1.29, 1.82) is 0 Å². The Bertz CT molecular complexity index is 728. The lowest BCUT2D eigenvalue weighted by Crippen LogP contribution is -2.16. The molecular formula is C15H17F3N4OS. The number of thioether (sulfide) groups is 1. The molecular weight excluding hydrogens is 341 g/mol. The highest BCUT2D eigenvalue weighted by atomic mass is 32.2. The maximum atomic E-state index is 12.7. The molecule has 0 aliphatic rings. The van der Waals surface area contributed by atoms with Gasteiger partial charge in [-0.2, -0.15) is 13.2 Å². The minimum Gasteiger partial charge on any atom is -0.325 e. The first-order chi connectivity index (χ1) is 11.2. The number of nitrogens with one attached hydrogen (secondary N) is 1. The molecule has 0 saturated heterocycles. The van der Waals surface area contributed by atoms with Gasteiger partial charge >= 0.3 is 6.18 Å². The van der Waals surface area contributed by atoms with Crippen LogP contribution in [0.4, 0.5) is 18.9 Å². The summed E-state index contributed by atoms with van der Waals surface area (Å²) in [6.07, 6.45) is -4.57. The summed E-state index contributed by atoms with van der Waals surface area (Å²) in [5, 5.41) is 9.42. The number of anilines is 1. The lowest BCUT2D eigenvalue weighted by molar-refractivity contribution is -0.147. The minimum atomic E-state index is -4.57. The third-order valence-corrected chi connectivity index (χ3v) is 4.30. The number of nitrogens with zero attached hydrogens (tertiary/aromatic N) is 3. The Morgan fingerprint density at radius 3 is 2.54 bits per heavy atom. The zero-order chi connectivity index (χ0) is 17.9. The summed E-state index contributed by atoms with van der Waals surface area (Å²) in [5.74, 6) is -1.22. The zero-order valence-electron chi connectivity index (χ0n) is 13.4. The van der Waals surface area contributed by atoms with Gasteiger partial charge in [-0.05, 0) is 17.5 Å². The van der Waals surface area contributed by atoms with Gasteiger partial charge in [-0.1, -0.05) is 43.8 Å². The van der Waals surface area contributed by atoms with Crippen LogP contribution in [-0.4, -0.2) is 26.4 Å². The van der Waals surface area contributed by atoms with Gasteiger partial charge in [0, 0.05) is 12.7 Å². The molecule has 0 aliphatic heterocycles. The van der Waals surface area contributed by atoms with Crippen molar-refractivity contribution in [3.63, 3.8) is 0 Å². The van der Waals surface area contributed by atoms with Crippen LogP contribution in [0.15, 0.2) is 29.4 Å².